The number of hydrogen-bond acceptors (Lipinski definition) is 8. The molecule has 67 heavy (non-hydrogen) atoms. The van der Waals surface area contributed by atoms with Crippen molar-refractivity contribution in [3.63, 3.8) is 0 Å². The van der Waals surface area contributed by atoms with Crippen LogP contribution in [0.5, 0.6) is 23.0 Å². The van der Waals surface area contributed by atoms with E-state index in [1.54, 1.807) is 44.6 Å². The first-order chi connectivity index (χ1) is 32.7. The molecule has 1 atom stereocenters. The fraction of sp³-hybridized carbons (Fsp3) is 0.268. The molecule has 0 aliphatic carbocycles. The molecule has 7 rings (SSSR count). The van der Waals surface area contributed by atoms with E-state index < -0.39 is 0 Å². The van der Waals surface area contributed by atoms with Gasteiger partial charge in [0.05, 0.1) is 24.7 Å². The lowest BCUT2D eigenvalue weighted by Gasteiger charge is -2.34. The Kier molecular flexibility index (Phi) is 17.4. The first-order valence-electron chi connectivity index (χ1n) is 22.8. The maximum atomic E-state index is 13.4. The third kappa shape index (κ3) is 13.7. The summed E-state index contributed by atoms with van der Waals surface area (Å²) in [6.45, 7) is 5.27. The molecule has 1 aliphatic heterocycles. The molecule has 10 nitrogen and oxygen atoms in total. The van der Waals surface area contributed by atoms with E-state index in [9.17, 15) is 14.4 Å². The Morgan fingerprint density at radius 3 is 2.24 bits per heavy atom. The molecular weight excluding hydrogens is 907 g/mol. The number of rotatable bonds is 21. The lowest BCUT2D eigenvalue weighted by Crippen LogP contribution is -2.49. The topological polar surface area (TPSA) is 115 Å². The van der Waals surface area contributed by atoms with Crippen molar-refractivity contribution in [3.8, 4) is 34.1 Å². The van der Waals surface area contributed by atoms with Crippen LogP contribution in [0.3, 0.4) is 0 Å². The number of nitrogens with zero attached hydrogens (tertiary/aromatic N) is 1. The van der Waals surface area contributed by atoms with Crippen molar-refractivity contribution in [3.05, 3.63) is 183 Å². The molecule has 1 saturated heterocycles. The van der Waals surface area contributed by atoms with E-state index in [-0.39, 0.29) is 23.6 Å². The second-order valence-corrected chi connectivity index (χ2v) is 17.5. The molecule has 0 aromatic heterocycles. The molecule has 11 heteroatoms. The zero-order valence-electron chi connectivity index (χ0n) is 38.4. The summed E-state index contributed by atoms with van der Waals surface area (Å²) in [6.07, 6.45) is 6.99. The van der Waals surface area contributed by atoms with Gasteiger partial charge in [0.15, 0.2) is 17.3 Å². The van der Waals surface area contributed by atoms with E-state index in [0.717, 1.165) is 63.8 Å². The van der Waals surface area contributed by atoms with Gasteiger partial charge in [-0.25, -0.2) is 0 Å². The summed E-state index contributed by atoms with van der Waals surface area (Å²) in [5.74, 6) is 2.44. The van der Waals surface area contributed by atoms with Crippen LogP contribution in [0.15, 0.2) is 144 Å². The Labute approximate surface area is 402 Å². The number of amides is 2. The molecule has 6 aromatic rings. The van der Waals surface area contributed by atoms with Gasteiger partial charge in [-0.15, -0.1) is 0 Å². The second-order valence-electron chi connectivity index (χ2n) is 16.6. The first-order valence-corrected chi connectivity index (χ1v) is 23.6. The van der Waals surface area contributed by atoms with Gasteiger partial charge in [0, 0.05) is 31.6 Å². The molecule has 2 amide bonds. The molecule has 0 bridgehead atoms. The number of hydrogen-bond donors (Lipinski definition) is 2. The first kappa shape index (κ1) is 48.2. The molecular formula is C56H58BrN3O7. The lowest BCUT2D eigenvalue weighted by molar-refractivity contribution is -0.128. The van der Waals surface area contributed by atoms with Crippen LogP contribution >= 0.6 is 15.9 Å². The lowest BCUT2D eigenvalue weighted by atomic mass is 9.97. The molecule has 346 valence electrons. The molecule has 0 spiro atoms. The van der Waals surface area contributed by atoms with Crippen LogP contribution in [0, 0.1) is 6.92 Å². The minimum absolute atomic E-state index is 0.0123. The number of likely N-dealkylation sites (tertiary alicyclic amines) is 1. The number of allylic oxidation sites excluding steroid dienone is 1. The van der Waals surface area contributed by atoms with Gasteiger partial charge in [0.25, 0.3) is 0 Å². The van der Waals surface area contributed by atoms with Crippen LogP contribution in [0.4, 0.5) is 0 Å². The Balaban J connectivity index is 0.802. The van der Waals surface area contributed by atoms with E-state index >= 15 is 0 Å². The summed E-state index contributed by atoms with van der Waals surface area (Å²) in [5, 5.41) is 6.10. The van der Waals surface area contributed by atoms with Gasteiger partial charge in [-0.1, -0.05) is 97.4 Å². The number of ether oxygens (including phenoxy) is 4. The van der Waals surface area contributed by atoms with Crippen LogP contribution < -0.4 is 29.6 Å². The number of carbonyl (C=O) groups is 3. The van der Waals surface area contributed by atoms with Crippen LogP contribution in [-0.4, -0.2) is 55.8 Å². The molecule has 1 fully saturated rings. The summed E-state index contributed by atoms with van der Waals surface area (Å²) >= 11 is 3.74. The summed E-state index contributed by atoms with van der Waals surface area (Å²) in [7, 11) is 3.17. The number of piperidine rings is 1. The zero-order chi connectivity index (χ0) is 47.0. The third-order valence-corrected chi connectivity index (χ3v) is 12.6. The van der Waals surface area contributed by atoms with Crippen LogP contribution in [0.25, 0.3) is 17.2 Å². The predicted octanol–water partition coefficient (Wildman–Crippen LogP) is 11.1. The monoisotopic (exact) mass is 963 g/mol. The van der Waals surface area contributed by atoms with Crippen LogP contribution in [0.1, 0.15) is 75.8 Å². The van der Waals surface area contributed by atoms with Crippen molar-refractivity contribution in [2.45, 2.75) is 71.4 Å². The van der Waals surface area contributed by atoms with Gasteiger partial charge in [0.1, 0.15) is 24.7 Å². The average Bonchev–Trinajstić information content (AvgIpc) is 3.36. The summed E-state index contributed by atoms with van der Waals surface area (Å²) in [6, 6.07) is 43.1. The highest BCUT2D eigenvalue weighted by Gasteiger charge is 2.28. The molecule has 1 aliphatic rings. The van der Waals surface area contributed by atoms with Crippen molar-refractivity contribution in [1.29, 1.82) is 0 Å². The van der Waals surface area contributed by atoms with Gasteiger partial charge in [-0.3, -0.25) is 19.3 Å². The van der Waals surface area contributed by atoms with Crippen LogP contribution in [0.2, 0.25) is 0 Å². The van der Waals surface area contributed by atoms with E-state index in [1.807, 2.05) is 54.6 Å². The molecule has 1 unspecified atom stereocenters. The standard InChI is InChI=1S/C56H58BrN3O7/c1-39-46(13-9-14-48(39)44-11-5-4-6-12-44)38-67-52-29-23-43(33-49(52)57)36-60-32-8-7-15-50(60)56(63)58-31-10-16-55(62)59-35-41-17-19-42(20-18-41)37-66-53-30-22-40(34-54(53)65-3)21-28-51(61)45-24-26-47(64-2)27-25-45/h4-6,9,11-14,17-30,33-34,50H,7-8,10,15-16,31-32,35-38H2,1-3H3,(H,58,63)(H,59,62)/b28-21+. The number of benzene rings is 6. The van der Waals surface area contributed by atoms with Gasteiger partial charge >= 0.3 is 0 Å². The number of ketones is 1. The van der Waals surface area contributed by atoms with E-state index in [1.165, 1.54) is 22.8 Å². The van der Waals surface area contributed by atoms with Gasteiger partial charge in [-0.2, -0.15) is 0 Å². The highest BCUT2D eigenvalue weighted by Crippen LogP contribution is 2.32. The highest BCUT2D eigenvalue weighted by molar-refractivity contribution is 9.10. The zero-order valence-corrected chi connectivity index (χ0v) is 40.0. The summed E-state index contributed by atoms with van der Waals surface area (Å²) in [4.78, 5) is 41.0. The van der Waals surface area contributed by atoms with E-state index in [2.05, 4.69) is 93.0 Å². The number of carbonyl (C=O) groups excluding carboxylic acids is 3. The average molecular weight is 965 g/mol. The number of nitrogens with one attached hydrogen (secondary N) is 2. The Bertz CT molecular complexity index is 2630. The third-order valence-electron chi connectivity index (χ3n) is 12.0. The molecule has 1 heterocycles. The Morgan fingerprint density at radius 2 is 1.48 bits per heavy atom. The fourth-order valence-corrected chi connectivity index (χ4v) is 8.65. The minimum atomic E-state index is -0.217. The quantitative estimate of drug-likeness (QED) is 0.0416. The summed E-state index contributed by atoms with van der Waals surface area (Å²) < 4.78 is 24.0. The van der Waals surface area contributed by atoms with Gasteiger partial charge in [0.2, 0.25) is 11.8 Å². The molecule has 6 aromatic carbocycles. The number of methoxy groups -OCH3 is 2. The maximum absolute atomic E-state index is 13.4. The van der Waals surface area contributed by atoms with Gasteiger partial charge in [-0.05, 0) is 148 Å². The predicted molar refractivity (Wildman–Crippen MR) is 267 cm³/mol. The summed E-state index contributed by atoms with van der Waals surface area (Å²) in [5.41, 5.74) is 9.15. The number of halogens is 1. The minimum Gasteiger partial charge on any atom is -0.497 e. The smallest absolute Gasteiger partial charge is 0.237 e. The Morgan fingerprint density at radius 1 is 0.731 bits per heavy atom. The largest absolute Gasteiger partial charge is 0.497 e. The maximum Gasteiger partial charge on any atom is 0.237 e. The van der Waals surface area contributed by atoms with Gasteiger partial charge < -0.3 is 29.6 Å². The highest BCUT2D eigenvalue weighted by atomic mass is 79.9. The molecule has 0 radical (unpaired) electrons. The van der Waals surface area contributed by atoms with Crippen molar-refractivity contribution >= 4 is 39.6 Å². The molecule has 0 saturated carbocycles. The van der Waals surface area contributed by atoms with E-state index in [0.29, 0.717) is 68.5 Å². The SMILES string of the molecule is COc1ccc(C(=O)/C=C/c2ccc(OCc3ccc(CNC(=O)CCCNC(=O)C4CCCCN4Cc4ccc(OCc5cccc(-c6ccccc6)c5C)c(Br)c4)cc3)c(OC)c2)cc1. The van der Waals surface area contributed by atoms with Crippen molar-refractivity contribution in [1.82, 2.24) is 15.5 Å². The Hall–Kier alpha value is -6.69. The van der Waals surface area contributed by atoms with Crippen LogP contribution in [-0.2, 0) is 35.9 Å². The van der Waals surface area contributed by atoms with E-state index in [4.69, 9.17) is 18.9 Å². The van der Waals surface area contributed by atoms with Crippen molar-refractivity contribution in [2.75, 3.05) is 27.3 Å². The second kappa shape index (κ2) is 24.2. The molecule has 2 N–H and O–H groups in total. The fourth-order valence-electron chi connectivity index (χ4n) is 8.11. The van der Waals surface area contributed by atoms with Crippen molar-refractivity contribution in [2.24, 2.45) is 0 Å². The van der Waals surface area contributed by atoms with Crippen molar-refractivity contribution < 1.29 is 33.3 Å². The normalized spacial score (nSPS) is 13.8.